The number of ether oxygens (including phenoxy) is 2. The highest BCUT2D eigenvalue weighted by molar-refractivity contribution is 6.33. The summed E-state index contributed by atoms with van der Waals surface area (Å²) in [6.07, 6.45) is 11.8. The first-order valence-electron chi connectivity index (χ1n) is 8.25. The summed E-state index contributed by atoms with van der Waals surface area (Å²) in [6, 6.07) is 9.46. The minimum atomic E-state index is -1.50. The molecule has 1 aromatic heterocycles. The van der Waals surface area contributed by atoms with Crippen molar-refractivity contribution in [2.24, 2.45) is 5.92 Å². The van der Waals surface area contributed by atoms with E-state index in [9.17, 15) is 0 Å². The molecule has 0 saturated heterocycles. The lowest BCUT2D eigenvalue weighted by atomic mass is 9.93. The Labute approximate surface area is 171 Å². The molecule has 0 saturated carbocycles. The molecule has 2 aromatic rings. The second-order valence-corrected chi connectivity index (χ2v) is 6.77. The molecule has 1 heterocycles. The molecule has 8 nitrogen and oxygen atoms in total. The molecule has 1 aromatic carbocycles. The molecule has 0 aliphatic heterocycles. The van der Waals surface area contributed by atoms with Crippen molar-refractivity contribution in [3.63, 3.8) is 0 Å². The van der Waals surface area contributed by atoms with Gasteiger partial charge in [0.15, 0.2) is 11.9 Å². The van der Waals surface area contributed by atoms with Crippen LogP contribution in [0.25, 0.3) is 0 Å². The Bertz CT molecular complexity index is 795. The smallest absolute Gasteiger partial charge is 0.291 e. The van der Waals surface area contributed by atoms with Crippen LogP contribution in [0.2, 0.25) is 0 Å². The molecule has 0 radical (unpaired) electrons. The highest BCUT2D eigenvalue weighted by atomic mass is 35.5. The Morgan fingerprint density at radius 1 is 1.36 bits per heavy atom. The van der Waals surface area contributed by atoms with Crippen LogP contribution in [0.15, 0.2) is 72.3 Å². The predicted molar refractivity (Wildman–Crippen MR) is 104 cm³/mol. The average molecular weight is 428 g/mol. The molecule has 28 heavy (non-hydrogen) atoms. The van der Waals surface area contributed by atoms with Crippen molar-refractivity contribution in [1.29, 1.82) is 0 Å². The van der Waals surface area contributed by atoms with E-state index in [1.54, 1.807) is 18.6 Å². The standard InChI is InChI=1S/C18H18Cl2N2O2.HNO3/c19-16-7-6-15(8-10-22-11-9-21-13-22)18(20,12-16)24-14-23-17-4-2-1-3-5-17;2-1(3)4/h1-7,9,11-13,15H,8,10,14H2;(H,2,3,4). The maximum absolute atomic E-state index is 8.36. The zero-order valence-corrected chi connectivity index (χ0v) is 16.2. The van der Waals surface area contributed by atoms with E-state index in [1.807, 2.05) is 53.2 Å². The number of aryl methyl sites for hydroxylation is 1. The summed E-state index contributed by atoms with van der Waals surface area (Å²) in [5, 5.41) is 13.2. The van der Waals surface area contributed by atoms with Crippen LogP contribution in [0, 0.1) is 16.0 Å². The van der Waals surface area contributed by atoms with Crippen LogP contribution in [-0.2, 0) is 11.3 Å². The molecule has 3 rings (SSSR count). The second-order valence-electron chi connectivity index (χ2n) is 5.74. The topological polar surface area (TPSA) is 99.7 Å². The van der Waals surface area contributed by atoms with E-state index < -0.39 is 10.1 Å². The number of hydrogen-bond acceptors (Lipinski definition) is 5. The van der Waals surface area contributed by atoms with Gasteiger partial charge in [-0.25, -0.2) is 4.98 Å². The summed E-state index contributed by atoms with van der Waals surface area (Å²) >= 11 is 12.8. The van der Waals surface area contributed by atoms with Crippen LogP contribution >= 0.6 is 23.2 Å². The third-order valence-electron chi connectivity index (χ3n) is 3.83. The third-order valence-corrected chi connectivity index (χ3v) is 4.57. The molecule has 0 fully saturated rings. The Morgan fingerprint density at radius 3 is 2.71 bits per heavy atom. The summed E-state index contributed by atoms with van der Waals surface area (Å²) in [6.45, 7) is 0.835. The first-order chi connectivity index (χ1) is 13.4. The normalized spacial score (nSPS) is 20.6. The quantitative estimate of drug-likeness (QED) is 0.307. The van der Waals surface area contributed by atoms with E-state index in [2.05, 4.69) is 4.98 Å². The van der Waals surface area contributed by atoms with E-state index in [1.165, 1.54) is 0 Å². The van der Waals surface area contributed by atoms with Gasteiger partial charge < -0.3 is 19.2 Å². The number of hydrogen-bond donors (Lipinski definition) is 1. The summed E-state index contributed by atoms with van der Waals surface area (Å²) in [5.74, 6) is 0.706. The number of allylic oxidation sites excluding steroid dienone is 2. The van der Waals surface area contributed by atoms with Gasteiger partial charge in [0.2, 0.25) is 0 Å². The fraction of sp³-hybridized carbons (Fsp3) is 0.278. The van der Waals surface area contributed by atoms with E-state index >= 15 is 0 Å². The van der Waals surface area contributed by atoms with Crippen LogP contribution in [0.1, 0.15) is 6.42 Å². The van der Waals surface area contributed by atoms with E-state index in [-0.39, 0.29) is 12.7 Å². The third kappa shape index (κ3) is 7.22. The number of rotatable bonds is 7. The van der Waals surface area contributed by atoms with Crippen molar-refractivity contribution >= 4 is 23.2 Å². The Kier molecular flexibility index (Phi) is 8.31. The summed E-state index contributed by atoms with van der Waals surface area (Å²) in [4.78, 5) is 12.4. The number of aromatic nitrogens is 2. The van der Waals surface area contributed by atoms with Crippen molar-refractivity contribution in [3.05, 3.63) is 82.4 Å². The molecular weight excluding hydrogens is 409 g/mol. The molecule has 2 atom stereocenters. The number of para-hydroxylation sites is 1. The van der Waals surface area contributed by atoms with Crippen molar-refractivity contribution < 1.29 is 19.8 Å². The Balaban J connectivity index is 0.000000640. The maximum Gasteiger partial charge on any atom is 0.291 e. The van der Waals surface area contributed by atoms with Gasteiger partial charge in [-0.3, -0.25) is 0 Å². The highest BCUT2D eigenvalue weighted by Gasteiger charge is 2.37. The maximum atomic E-state index is 8.36. The fourth-order valence-electron chi connectivity index (χ4n) is 2.54. The molecule has 1 N–H and O–H groups in total. The Morgan fingerprint density at radius 2 is 2.07 bits per heavy atom. The largest absolute Gasteiger partial charge is 0.467 e. The van der Waals surface area contributed by atoms with Gasteiger partial charge in [-0.2, -0.15) is 0 Å². The fourth-order valence-corrected chi connectivity index (χ4v) is 3.17. The van der Waals surface area contributed by atoms with Crippen molar-refractivity contribution in [2.45, 2.75) is 18.0 Å². The SMILES string of the molecule is ClC1=CC(Cl)(OCOc2ccccc2)C(CCn2ccnc2)C=C1.O=[N+]([O-])O. The Hall–Kier alpha value is -2.55. The lowest BCUT2D eigenvalue weighted by Gasteiger charge is -2.33. The van der Waals surface area contributed by atoms with Crippen LogP contribution in [0.3, 0.4) is 0 Å². The summed E-state index contributed by atoms with van der Waals surface area (Å²) < 4.78 is 13.4. The van der Waals surface area contributed by atoms with Gasteiger partial charge in [-0.1, -0.05) is 47.5 Å². The molecule has 2 unspecified atom stereocenters. The molecule has 1 aliphatic rings. The molecule has 0 amide bonds. The lowest BCUT2D eigenvalue weighted by molar-refractivity contribution is -0.742. The van der Waals surface area contributed by atoms with Crippen LogP contribution in [0.5, 0.6) is 5.75 Å². The first kappa shape index (κ1) is 21.7. The average Bonchev–Trinajstić information content (AvgIpc) is 3.15. The van der Waals surface area contributed by atoms with Gasteiger partial charge >= 0.3 is 0 Å². The monoisotopic (exact) mass is 427 g/mol. The molecule has 150 valence electrons. The number of benzene rings is 1. The van der Waals surface area contributed by atoms with Gasteiger partial charge in [0.1, 0.15) is 5.75 Å². The van der Waals surface area contributed by atoms with Gasteiger partial charge in [0, 0.05) is 29.9 Å². The highest BCUT2D eigenvalue weighted by Crippen LogP contribution is 2.38. The van der Waals surface area contributed by atoms with Gasteiger partial charge in [0.25, 0.3) is 5.09 Å². The van der Waals surface area contributed by atoms with Crippen molar-refractivity contribution in [3.8, 4) is 5.75 Å². The van der Waals surface area contributed by atoms with Gasteiger partial charge in [0.05, 0.1) is 6.33 Å². The zero-order valence-electron chi connectivity index (χ0n) is 14.7. The second kappa shape index (κ2) is 10.7. The minimum Gasteiger partial charge on any atom is -0.467 e. The molecular formula is C18H19Cl2N3O5. The van der Waals surface area contributed by atoms with Crippen LogP contribution < -0.4 is 4.74 Å². The van der Waals surface area contributed by atoms with Gasteiger partial charge in [-0.15, -0.1) is 10.1 Å². The molecule has 0 spiro atoms. The summed E-state index contributed by atoms with van der Waals surface area (Å²) in [7, 11) is 0. The first-order valence-corrected chi connectivity index (χ1v) is 9.01. The predicted octanol–water partition coefficient (Wildman–Crippen LogP) is 4.22. The lowest BCUT2D eigenvalue weighted by Crippen LogP contribution is -2.36. The number of imidazole rings is 1. The summed E-state index contributed by atoms with van der Waals surface area (Å²) in [5.41, 5.74) is 0. The molecule has 0 bridgehead atoms. The minimum absolute atomic E-state index is 0.0246. The van der Waals surface area contributed by atoms with E-state index in [0.29, 0.717) is 5.03 Å². The zero-order chi connectivity index (χ0) is 20.4. The van der Waals surface area contributed by atoms with Gasteiger partial charge in [-0.05, 0) is 30.7 Å². The van der Waals surface area contributed by atoms with Crippen molar-refractivity contribution in [2.75, 3.05) is 6.79 Å². The number of alkyl halides is 1. The van der Waals surface area contributed by atoms with Crippen molar-refractivity contribution in [1.82, 2.24) is 9.55 Å². The van der Waals surface area contributed by atoms with E-state index in [0.717, 1.165) is 18.7 Å². The van der Waals surface area contributed by atoms with Crippen LogP contribution in [0.4, 0.5) is 0 Å². The molecule has 1 aliphatic carbocycles. The van der Waals surface area contributed by atoms with E-state index in [4.69, 9.17) is 48.0 Å². The number of nitrogens with zero attached hydrogens (tertiary/aromatic N) is 3. The molecule has 10 heteroatoms. The number of halogens is 2. The van der Waals surface area contributed by atoms with Crippen LogP contribution in [-0.4, -0.2) is 31.7 Å².